The van der Waals surface area contributed by atoms with Gasteiger partial charge >= 0.3 is 108 Å². The fraction of sp³-hybridized carbons (Fsp3) is 0.683. The monoisotopic (exact) mass is 1740 g/mol. The summed E-state index contributed by atoms with van der Waals surface area (Å²) in [7, 11) is 0. The van der Waals surface area contributed by atoms with E-state index in [2.05, 4.69) is 127 Å². The van der Waals surface area contributed by atoms with Gasteiger partial charge in [0.1, 0.15) is 46.6 Å². The quantitative estimate of drug-likeness (QED) is 0.0135. The minimum atomic E-state index is -3.24. The number of amides is 17. The zero-order chi connectivity index (χ0) is 91.2. The molecule has 0 aliphatic rings. The van der Waals surface area contributed by atoms with Crippen LogP contribution in [0.4, 0.5) is 89.5 Å². The number of carbonyl (C=O) groups is 15. The number of isocyanates is 1. The largest absolute Gasteiger partial charge is 0.450 e. The smallest absolute Gasteiger partial charge is 0.410 e. The molecule has 2 unspecified atom stereocenters. The Bertz CT molecular complexity index is 3360. The molecule has 0 spiro atoms. The second-order valence-electron chi connectivity index (χ2n) is 20.6. The fourth-order valence-corrected chi connectivity index (χ4v) is 6.49. The molecule has 1 aromatic rings. The Labute approximate surface area is 674 Å². The summed E-state index contributed by atoms with van der Waals surface area (Å²) < 4.78 is 129. The lowest BCUT2D eigenvalue weighted by molar-refractivity contribution is -0.171. The van der Waals surface area contributed by atoms with Crippen molar-refractivity contribution in [2.75, 3.05) is 146 Å². The number of ether oxygens (including phenoxy) is 16. The Morgan fingerprint density at radius 3 is 0.933 bits per heavy atom. The van der Waals surface area contributed by atoms with Crippen LogP contribution in [0.5, 0.6) is 0 Å². The van der Waals surface area contributed by atoms with Gasteiger partial charge in [-0.2, -0.15) is 0 Å². The van der Waals surface area contributed by atoms with Crippen LogP contribution in [0, 0.1) is 5.41 Å². The Morgan fingerprint density at radius 2 is 0.622 bits per heavy atom. The van der Waals surface area contributed by atoms with Gasteiger partial charge in [0.25, 0.3) is 11.8 Å². The van der Waals surface area contributed by atoms with Gasteiger partial charge in [0.05, 0.1) is 106 Å². The SMILES string of the molecule is CCOC(=O)NCNC(=O)N(CNC(=O)OCC)C(=O)NCNC(=O)OCC.CCOC(=O)NCNC(=O)OCC(COCC(C)(F)F)OC(=O)NCNC(=O)OCC.CCOC(=O)NCNC(=O)OCC(OCC(C)(F)F)OC(=O)NCNC(=O)OCC.CCOCn1c(=O)n(CNC(=O)OCC)c(=O)n(CNC(=O)OCC)c1=O.N=C=O. The van der Waals surface area contributed by atoms with Gasteiger partial charge in [-0.3, -0.25) is 0 Å². The third-order valence-corrected chi connectivity index (χ3v) is 11.2. The molecule has 16 N–H and O–H groups in total. The number of aromatic nitrogens is 3. The first kappa shape index (κ1) is 112. The van der Waals surface area contributed by atoms with Crippen molar-refractivity contribution in [3.63, 3.8) is 0 Å². The van der Waals surface area contributed by atoms with Crippen molar-refractivity contribution in [3.8, 4) is 0 Å². The first-order chi connectivity index (χ1) is 56.3. The summed E-state index contributed by atoms with van der Waals surface area (Å²) >= 11 is 0. The van der Waals surface area contributed by atoms with E-state index in [1.807, 2.05) is 0 Å². The number of carbonyl (C=O) groups excluding carboxylic acids is 16. The zero-order valence-electron chi connectivity index (χ0n) is 66.9. The predicted molar refractivity (Wildman–Crippen MR) is 387 cm³/mol. The van der Waals surface area contributed by atoms with Crippen LogP contribution in [-0.4, -0.2) is 286 Å². The van der Waals surface area contributed by atoms with E-state index in [9.17, 15) is 104 Å². The minimum Gasteiger partial charge on any atom is -0.450 e. The molecule has 1 rings (SSSR count). The molecule has 682 valence electrons. The van der Waals surface area contributed by atoms with Gasteiger partial charge in [0.15, 0.2) is 12.7 Å². The van der Waals surface area contributed by atoms with Gasteiger partial charge in [0, 0.05) is 20.5 Å². The van der Waals surface area contributed by atoms with Gasteiger partial charge in [-0.1, -0.05) is 0 Å². The molecule has 0 bridgehead atoms. The van der Waals surface area contributed by atoms with Crippen LogP contribution in [-0.2, 0) is 101 Å². The molecule has 17 amide bonds. The topological polar surface area (TPSA) is 694 Å². The lowest BCUT2D eigenvalue weighted by Crippen LogP contribution is -2.57. The average Bonchev–Trinajstić information content (AvgIpc) is 0.784. The molecule has 2 atom stereocenters. The number of urea groups is 2. The maximum atomic E-state index is 13.0. The van der Waals surface area contributed by atoms with Crippen LogP contribution in [0.3, 0.4) is 0 Å². The summed E-state index contributed by atoms with van der Waals surface area (Å²) in [6.07, 6.45) is -13.6. The molecular weight excluding hydrogens is 1640 g/mol. The summed E-state index contributed by atoms with van der Waals surface area (Å²) in [5, 5.41) is 38.3. The van der Waals surface area contributed by atoms with Crippen LogP contribution >= 0.6 is 0 Å². The number of rotatable bonds is 43. The van der Waals surface area contributed by atoms with Crippen LogP contribution in [0.25, 0.3) is 0 Å². The summed E-state index contributed by atoms with van der Waals surface area (Å²) in [5.74, 6) is -6.36. The maximum Gasteiger partial charge on any atom is 0.410 e. The number of nitrogens with one attached hydrogen (secondary N) is 16. The van der Waals surface area contributed by atoms with Crippen molar-refractivity contribution in [1.29, 1.82) is 5.41 Å². The number of imide groups is 1. The molecule has 0 aromatic carbocycles. The molecule has 0 aliphatic carbocycles. The third-order valence-electron chi connectivity index (χ3n) is 11.2. The van der Waals surface area contributed by atoms with Crippen molar-refractivity contribution >= 4 is 97.4 Å². The highest BCUT2D eigenvalue weighted by molar-refractivity contribution is 5.94. The highest BCUT2D eigenvalue weighted by Gasteiger charge is 2.29. The van der Waals surface area contributed by atoms with Gasteiger partial charge < -0.3 is 156 Å². The molecule has 0 saturated heterocycles. The molecule has 0 radical (unpaired) electrons. The molecule has 1 aromatic heterocycles. The first-order valence-electron chi connectivity index (χ1n) is 35.0. The van der Waals surface area contributed by atoms with E-state index < -0.39 is 192 Å². The van der Waals surface area contributed by atoms with E-state index in [0.717, 1.165) is 6.08 Å². The van der Waals surface area contributed by atoms with E-state index in [0.29, 0.717) is 32.4 Å². The van der Waals surface area contributed by atoms with Gasteiger partial charge in [-0.25, -0.2) is 133 Å². The van der Waals surface area contributed by atoms with E-state index in [4.69, 9.17) is 38.6 Å². The Hall–Kier alpha value is -13.4. The maximum absolute atomic E-state index is 13.0. The normalized spacial score (nSPS) is 10.5. The van der Waals surface area contributed by atoms with E-state index in [-0.39, 0.29) is 106 Å². The number of alkyl halides is 4. The zero-order valence-corrected chi connectivity index (χ0v) is 66.9. The summed E-state index contributed by atoms with van der Waals surface area (Å²) in [4.78, 5) is 218. The lowest BCUT2D eigenvalue weighted by Gasteiger charge is -2.22. The van der Waals surface area contributed by atoms with Crippen LogP contribution in [0.1, 0.15) is 83.1 Å². The van der Waals surface area contributed by atoms with E-state index in [1.54, 1.807) is 69.2 Å². The molecule has 0 saturated carbocycles. The second kappa shape index (κ2) is 69.0. The number of hydrogen-bond acceptors (Lipinski definition) is 36. The van der Waals surface area contributed by atoms with Crippen molar-refractivity contribution < 1.29 is 170 Å². The summed E-state index contributed by atoms with van der Waals surface area (Å²) in [6.45, 7) is 10.6. The van der Waals surface area contributed by atoms with E-state index >= 15 is 0 Å². The van der Waals surface area contributed by atoms with Crippen LogP contribution in [0.15, 0.2) is 14.4 Å². The molecule has 55 nitrogen and oxygen atoms in total. The molecule has 1 heterocycles. The van der Waals surface area contributed by atoms with E-state index in [1.165, 1.54) is 0 Å². The highest BCUT2D eigenvalue weighted by Crippen LogP contribution is 2.14. The molecule has 0 aliphatic heterocycles. The molecule has 59 heteroatoms. The third kappa shape index (κ3) is 63.6. The lowest BCUT2D eigenvalue weighted by atomic mass is 10.4. The Morgan fingerprint density at radius 1 is 0.353 bits per heavy atom. The van der Waals surface area contributed by atoms with Gasteiger partial charge in [-0.05, 0) is 69.2 Å². The fourth-order valence-electron chi connectivity index (χ4n) is 6.49. The highest BCUT2D eigenvalue weighted by atomic mass is 19.3. The summed E-state index contributed by atoms with van der Waals surface area (Å²) in [5.41, 5.74) is -3.00. The molecular formula is C60H104F4N20O35. The molecule has 119 heavy (non-hydrogen) atoms. The van der Waals surface area contributed by atoms with Crippen molar-refractivity contribution in [2.24, 2.45) is 0 Å². The van der Waals surface area contributed by atoms with Crippen molar-refractivity contribution in [1.82, 2.24) is 98.4 Å². The van der Waals surface area contributed by atoms with Crippen molar-refractivity contribution in [2.45, 2.75) is 127 Å². The number of halogens is 4. The second-order valence-corrected chi connectivity index (χ2v) is 20.6. The predicted octanol–water partition coefficient (Wildman–Crippen LogP) is 0.0226. The standard InChI is InChI=1S/C16H28F2N4O9.C15H26F2N4O9.C14H26N6O8.C14H23N5O8.CHNO/c1-4-28-12(23)19-9-21-14(25)30-7-11(6-27-8-16(3,17)18)31-15(26)22-10-20-13(24)29-5-2;1-4-26-11(22)18-8-20-13(24)28-6-10(29-7-15(3,16)17)30-14(25)21-9-19-12(23)27-5-2;1-4-26-12(23)17-7-15-10(21)20(9-19-14(25)28-6-3)11(22)16-8-18-13(24)27-5-2;1-4-25-9-19-13(23)17(7-15-10(20)26-5-2)12(22)18(14(19)24)8-16-11(21)27-6-3;2-1-3/h11H,4-10H2,1-3H3,(H,19,23)(H,20,24)(H,21,25)(H,22,26);10H,4-9H2,1-3H3,(H,18,22)(H,19,23)(H,20,24)(H,21,25);4-9H2,1-3H3,(H,15,21)(H,16,22)(H,17,23)(H,18,24)(H,19,25);4-9H2,1-3H3,(H,15,20)(H,16,21);2H. The minimum absolute atomic E-state index is 0.0944. The van der Waals surface area contributed by atoms with Gasteiger partial charge in [-0.15, -0.1) is 0 Å². The number of nitrogens with zero attached hydrogens (tertiary/aromatic N) is 4. The number of hydrogen-bond donors (Lipinski definition) is 16. The van der Waals surface area contributed by atoms with Crippen LogP contribution in [0.2, 0.25) is 0 Å². The average molecular weight is 1740 g/mol. The first-order valence-corrected chi connectivity index (χ1v) is 35.0. The summed E-state index contributed by atoms with van der Waals surface area (Å²) in [6, 6.07) is -1.88. The Kier molecular flexibility index (Phi) is 64.9. The number of alkyl carbamates (subject to hydrolysis) is 13. The molecule has 0 fully saturated rings. The van der Waals surface area contributed by atoms with Crippen molar-refractivity contribution in [3.05, 3.63) is 31.5 Å². The Balaban J connectivity index is -0.000000733. The van der Waals surface area contributed by atoms with Gasteiger partial charge in [0.2, 0.25) is 12.4 Å². The van der Waals surface area contributed by atoms with Crippen LogP contribution < -0.4 is 96.8 Å².